The summed E-state index contributed by atoms with van der Waals surface area (Å²) in [5, 5.41) is 3.17. The van der Waals surface area contributed by atoms with E-state index in [0.717, 1.165) is 51.7 Å². The fourth-order valence-electron chi connectivity index (χ4n) is 3.73. The van der Waals surface area contributed by atoms with E-state index in [0.29, 0.717) is 5.92 Å². The lowest BCUT2D eigenvalue weighted by atomic mass is 9.85. The van der Waals surface area contributed by atoms with Gasteiger partial charge in [-0.2, -0.15) is 0 Å². The maximum Gasteiger partial charge on any atom is 0.223 e. The van der Waals surface area contributed by atoms with Gasteiger partial charge in [0.15, 0.2) is 0 Å². The molecule has 3 unspecified atom stereocenters. The van der Waals surface area contributed by atoms with E-state index in [4.69, 9.17) is 5.73 Å². The molecule has 0 radical (unpaired) electrons. The van der Waals surface area contributed by atoms with Gasteiger partial charge in [0, 0.05) is 37.3 Å². The van der Waals surface area contributed by atoms with E-state index in [-0.39, 0.29) is 42.7 Å². The van der Waals surface area contributed by atoms with Gasteiger partial charge in [0.2, 0.25) is 5.91 Å². The Morgan fingerprint density at radius 2 is 1.92 bits per heavy atom. The number of anilines is 1. The molecule has 136 valence electrons. The zero-order chi connectivity index (χ0) is 15.4. The van der Waals surface area contributed by atoms with Crippen LogP contribution in [-0.2, 0) is 4.79 Å². The van der Waals surface area contributed by atoms with Crippen LogP contribution < -0.4 is 16.0 Å². The van der Waals surface area contributed by atoms with Crippen molar-refractivity contribution >= 4 is 36.4 Å². The average molecular weight is 374 g/mol. The molecule has 2 aliphatic rings. The summed E-state index contributed by atoms with van der Waals surface area (Å²) in [5.41, 5.74) is 7.26. The molecule has 3 rings (SSSR count). The molecule has 3 N–H and O–H groups in total. The summed E-state index contributed by atoms with van der Waals surface area (Å²) in [5.74, 6) is 0.908. The Morgan fingerprint density at radius 3 is 2.62 bits per heavy atom. The largest absolute Gasteiger partial charge is 0.371 e. The molecule has 0 aromatic heterocycles. The molecule has 1 aromatic rings. The number of hydrogen-bond acceptors (Lipinski definition) is 3. The predicted octanol–water partition coefficient (Wildman–Crippen LogP) is 2.99. The minimum absolute atomic E-state index is 0. The summed E-state index contributed by atoms with van der Waals surface area (Å²) in [6, 6.07) is 10.7. The first-order valence-electron chi connectivity index (χ1n) is 8.55. The number of hydrogen-bond donors (Lipinski definition) is 2. The standard InChI is InChI=1S/C18H27N3O.2ClH/c19-16-6-4-5-15(11-16)18(22)20-12-14-9-10-21(13-14)17-7-2-1-3-8-17;;/h1-3,7-8,14-16H,4-6,9-13,19H2,(H,20,22);2*1H. The van der Waals surface area contributed by atoms with Gasteiger partial charge >= 0.3 is 0 Å². The highest BCUT2D eigenvalue weighted by atomic mass is 35.5. The number of amides is 1. The zero-order valence-electron chi connectivity index (χ0n) is 14.0. The molecule has 3 atom stereocenters. The van der Waals surface area contributed by atoms with E-state index in [1.807, 2.05) is 6.07 Å². The Labute approximate surface area is 157 Å². The quantitative estimate of drug-likeness (QED) is 0.852. The molecule has 1 saturated carbocycles. The first-order valence-corrected chi connectivity index (χ1v) is 8.55. The number of halogens is 2. The fraction of sp³-hybridized carbons (Fsp3) is 0.611. The van der Waals surface area contributed by atoms with E-state index < -0.39 is 0 Å². The maximum absolute atomic E-state index is 12.3. The van der Waals surface area contributed by atoms with Crippen molar-refractivity contribution in [3.05, 3.63) is 30.3 Å². The molecular formula is C18H29Cl2N3O. The first kappa shape index (κ1) is 21.1. The van der Waals surface area contributed by atoms with Crippen LogP contribution in [-0.4, -0.2) is 31.6 Å². The first-order chi connectivity index (χ1) is 10.7. The Hall–Kier alpha value is -0.970. The van der Waals surface area contributed by atoms with Gasteiger partial charge in [-0.3, -0.25) is 4.79 Å². The monoisotopic (exact) mass is 373 g/mol. The third-order valence-electron chi connectivity index (χ3n) is 5.06. The van der Waals surface area contributed by atoms with Crippen molar-refractivity contribution in [2.75, 3.05) is 24.5 Å². The lowest BCUT2D eigenvalue weighted by Gasteiger charge is -2.26. The van der Waals surface area contributed by atoms with Gasteiger partial charge in [0.1, 0.15) is 0 Å². The summed E-state index contributed by atoms with van der Waals surface area (Å²) in [6.07, 6.45) is 5.16. The van der Waals surface area contributed by atoms with Crippen molar-refractivity contribution in [3.63, 3.8) is 0 Å². The van der Waals surface area contributed by atoms with Crippen molar-refractivity contribution < 1.29 is 4.79 Å². The molecule has 4 nitrogen and oxygen atoms in total. The fourth-order valence-corrected chi connectivity index (χ4v) is 3.73. The second-order valence-corrected chi connectivity index (χ2v) is 6.81. The minimum atomic E-state index is 0. The van der Waals surface area contributed by atoms with Crippen LogP contribution >= 0.6 is 24.8 Å². The molecule has 24 heavy (non-hydrogen) atoms. The van der Waals surface area contributed by atoms with Crippen molar-refractivity contribution in [2.24, 2.45) is 17.6 Å². The molecule has 1 saturated heterocycles. The van der Waals surface area contributed by atoms with E-state index in [9.17, 15) is 4.79 Å². The van der Waals surface area contributed by atoms with E-state index in [1.165, 1.54) is 5.69 Å². The number of carbonyl (C=O) groups is 1. The number of carbonyl (C=O) groups excluding carboxylic acids is 1. The van der Waals surface area contributed by atoms with Crippen LogP contribution in [0.3, 0.4) is 0 Å². The van der Waals surface area contributed by atoms with E-state index in [1.54, 1.807) is 0 Å². The summed E-state index contributed by atoms with van der Waals surface area (Å²) in [7, 11) is 0. The van der Waals surface area contributed by atoms with Gasteiger partial charge in [-0.1, -0.05) is 24.6 Å². The molecule has 1 aliphatic heterocycles. The van der Waals surface area contributed by atoms with Gasteiger partial charge < -0.3 is 16.0 Å². The third-order valence-corrected chi connectivity index (χ3v) is 5.06. The molecule has 6 heteroatoms. The number of benzene rings is 1. The summed E-state index contributed by atoms with van der Waals surface area (Å²) in [4.78, 5) is 14.7. The molecular weight excluding hydrogens is 345 g/mol. The van der Waals surface area contributed by atoms with Gasteiger partial charge in [-0.15, -0.1) is 24.8 Å². The van der Waals surface area contributed by atoms with Gasteiger partial charge in [-0.05, 0) is 43.7 Å². The van der Waals surface area contributed by atoms with Crippen molar-refractivity contribution in [1.82, 2.24) is 5.32 Å². The van der Waals surface area contributed by atoms with Crippen LogP contribution in [0, 0.1) is 11.8 Å². The van der Waals surface area contributed by atoms with Crippen LogP contribution in [0.5, 0.6) is 0 Å². The third kappa shape index (κ3) is 5.54. The number of nitrogens with two attached hydrogens (primary N) is 1. The van der Waals surface area contributed by atoms with Gasteiger partial charge in [0.05, 0.1) is 0 Å². The second-order valence-electron chi connectivity index (χ2n) is 6.81. The second kappa shape index (κ2) is 10.1. The summed E-state index contributed by atoms with van der Waals surface area (Å²) >= 11 is 0. The summed E-state index contributed by atoms with van der Waals surface area (Å²) < 4.78 is 0. The molecule has 1 heterocycles. The lowest BCUT2D eigenvalue weighted by Crippen LogP contribution is -2.39. The Morgan fingerprint density at radius 1 is 1.17 bits per heavy atom. The molecule has 2 fully saturated rings. The number of nitrogens with zero attached hydrogens (tertiary/aromatic N) is 1. The van der Waals surface area contributed by atoms with E-state index >= 15 is 0 Å². The lowest BCUT2D eigenvalue weighted by molar-refractivity contribution is -0.126. The molecule has 1 aromatic carbocycles. The number of para-hydroxylation sites is 1. The van der Waals surface area contributed by atoms with Crippen LogP contribution in [0.1, 0.15) is 32.1 Å². The highest BCUT2D eigenvalue weighted by Crippen LogP contribution is 2.25. The highest BCUT2D eigenvalue weighted by molar-refractivity contribution is 5.85. The van der Waals surface area contributed by atoms with Crippen molar-refractivity contribution in [2.45, 2.75) is 38.1 Å². The average Bonchev–Trinajstić information content (AvgIpc) is 3.02. The van der Waals surface area contributed by atoms with Gasteiger partial charge in [-0.25, -0.2) is 0 Å². The highest BCUT2D eigenvalue weighted by Gasteiger charge is 2.27. The predicted molar refractivity (Wildman–Crippen MR) is 104 cm³/mol. The zero-order valence-corrected chi connectivity index (χ0v) is 15.7. The Balaban J connectivity index is 0.00000144. The molecule has 1 amide bonds. The van der Waals surface area contributed by atoms with Crippen LogP contribution in [0.2, 0.25) is 0 Å². The normalized spacial score (nSPS) is 26.2. The van der Waals surface area contributed by atoms with Crippen molar-refractivity contribution in [3.8, 4) is 0 Å². The number of nitrogens with one attached hydrogen (secondary N) is 1. The van der Waals surface area contributed by atoms with E-state index in [2.05, 4.69) is 34.5 Å². The molecule has 0 spiro atoms. The van der Waals surface area contributed by atoms with Crippen molar-refractivity contribution in [1.29, 1.82) is 0 Å². The Kier molecular flexibility index (Phi) is 8.88. The minimum Gasteiger partial charge on any atom is -0.371 e. The molecule has 1 aliphatic carbocycles. The SMILES string of the molecule is Cl.Cl.NC1CCCC(C(=O)NCC2CCN(c3ccccc3)C2)C1. The molecule has 0 bridgehead atoms. The van der Waals surface area contributed by atoms with Crippen LogP contribution in [0.25, 0.3) is 0 Å². The summed E-state index contributed by atoms with van der Waals surface area (Å²) in [6.45, 7) is 2.92. The topological polar surface area (TPSA) is 58.4 Å². The smallest absolute Gasteiger partial charge is 0.223 e. The van der Waals surface area contributed by atoms with Gasteiger partial charge in [0.25, 0.3) is 0 Å². The number of rotatable bonds is 4. The van der Waals surface area contributed by atoms with Crippen LogP contribution in [0.4, 0.5) is 5.69 Å². The maximum atomic E-state index is 12.3. The van der Waals surface area contributed by atoms with Crippen LogP contribution in [0.15, 0.2) is 30.3 Å². The Bertz CT molecular complexity index is 500.